The molecule has 22 heavy (non-hydrogen) atoms. The summed E-state index contributed by atoms with van der Waals surface area (Å²) in [6, 6.07) is 12.7. The number of aryl methyl sites for hydroxylation is 1. The number of halogens is 1. The summed E-state index contributed by atoms with van der Waals surface area (Å²) in [6.07, 6.45) is 2.59. The average Bonchev–Trinajstić information content (AvgIpc) is 2.52. The Bertz CT molecular complexity index is 703. The van der Waals surface area contributed by atoms with Gasteiger partial charge in [-0.2, -0.15) is 0 Å². The Labute approximate surface area is 134 Å². The number of methoxy groups -OCH3 is 1. The van der Waals surface area contributed by atoms with E-state index >= 15 is 0 Å². The average molecular weight is 317 g/mol. The maximum absolute atomic E-state index is 11.6. The van der Waals surface area contributed by atoms with E-state index in [0.717, 1.165) is 12.0 Å². The van der Waals surface area contributed by atoms with E-state index in [9.17, 15) is 9.90 Å². The van der Waals surface area contributed by atoms with Crippen LogP contribution in [0.5, 0.6) is 5.75 Å². The summed E-state index contributed by atoms with van der Waals surface area (Å²) in [5.41, 5.74) is 2.77. The van der Waals surface area contributed by atoms with Crippen molar-refractivity contribution in [2.45, 2.75) is 13.3 Å². The second-order valence-electron chi connectivity index (χ2n) is 4.81. The third-order valence-electron chi connectivity index (χ3n) is 3.39. The van der Waals surface area contributed by atoms with Crippen molar-refractivity contribution in [2.24, 2.45) is 0 Å². The Morgan fingerprint density at radius 3 is 2.41 bits per heavy atom. The maximum atomic E-state index is 11.6. The van der Waals surface area contributed by atoms with Crippen LogP contribution in [0.25, 0.3) is 11.6 Å². The van der Waals surface area contributed by atoms with Crippen LogP contribution in [0.2, 0.25) is 5.02 Å². The Morgan fingerprint density at radius 1 is 1.23 bits per heavy atom. The number of benzene rings is 2. The highest BCUT2D eigenvalue weighted by Crippen LogP contribution is 2.29. The fraction of sp³-hybridized carbons (Fsp3) is 0.167. The topological polar surface area (TPSA) is 46.5 Å². The molecule has 0 unspecified atom stereocenters. The first kappa shape index (κ1) is 16.1. The Hall–Kier alpha value is -2.26. The van der Waals surface area contributed by atoms with Crippen molar-refractivity contribution in [3.8, 4) is 5.75 Å². The summed E-state index contributed by atoms with van der Waals surface area (Å²) in [7, 11) is 1.52. The predicted octanol–water partition coefficient (Wildman–Crippen LogP) is 4.54. The lowest BCUT2D eigenvalue weighted by Crippen LogP contribution is -2.00. The zero-order valence-corrected chi connectivity index (χ0v) is 13.2. The monoisotopic (exact) mass is 316 g/mol. The fourth-order valence-corrected chi connectivity index (χ4v) is 2.38. The molecule has 4 heteroatoms. The van der Waals surface area contributed by atoms with E-state index in [1.807, 2.05) is 24.3 Å². The molecular weight excluding hydrogens is 300 g/mol. The van der Waals surface area contributed by atoms with Gasteiger partial charge in [-0.25, -0.2) is 4.79 Å². The van der Waals surface area contributed by atoms with E-state index < -0.39 is 5.97 Å². The molecule has 0 radical (unpaired) electrons. The Balaban J connectivity index is 2.42. The van der Waals surface area contributed by atoms with Gasteiger partial charge in [0.05, 0.1) is 17.7 Å². The molecule has 2 rings (SSSR count). The van der Waals surface area contributed by atoms with Crippen molar-refractivity contribution in [2.75, 3.05) is 7.11 Å². The number of carboxylic acid groups (broad SMARTS) is 1. The number of ether oxygens (including phenoxy) is 1. The zero-order chi connectivity index (χ0) is 16.1. The molecule has 3 nitrogen and oxygen atoms in total. The van der Waals surface area contributed by atoms with E-state index in [4.69, 9.17) is 16.3 Å². The second kappa shape index (κ2) is 7.14. The van der Waals surface area contributed by atoms with Crippen LogP contribution in [0.1, 0.15) is 23.6 Å². The van der Waals surface area contributed by atoms with Crippen LogP contribution < -0.4 is 4.74 Å². The summed E-state index contributed by atoms with van der Waals surface area (Å²) in [4.78, 5) is 11.6. The number of rotatable bonds is 5. The van der Waals surface area contributed by atoms with Gasteiger partial charge >= 0.3 is 5.97 Å². The van der Waals surface area contributed by atoms with Crippen LogP contribution in [0, 0.1) is 0 Å². The first-order valence-electron chi connectivity index (χ1n) is 6.93. The molecule has 0 saturated heterocycles. The number of hydrogen-bond acceptors (Lipinski definition) is 2. The summed E-state index contributed by atoms with van der Waals surface area (Å²) < 4.78 is 5.09. The molecular formula is C18H17ClO3. The van der Waals surface area contributed by atoms with Gasteiger partial charge in [0.25, 0.3) is 0 Å². The Morgan fingerprint density at radius 2 is 1.91 bits per heavy atom. The lowest BCUT2D eigenvalue weighted by molar-refractivity contribution is -0.130. The largest absolute Gasteiger partial charge is 0.495 e. The lowest BCUT2D eigenvalue weighted by atomic mass is 10.0. The maximum Gasteiger partial charge on any atom is 0.336 e. The summed E-state index contributed by atoms with van der Waals surface area (Å²) in [6.45, 7) is 2.08. The molecule has 0 saturated carbocycles. The van der Waals surface area contributed by atoms with Crippen LogP contribution in [0.15, 0.2) is 42.5 Å². The summed E-state index contributed by atoms with van der Waals surface area (Å²) >= 11 is 6.08. The lowest BCUT2D eigenvalue weighted by Gasteiger charge is -2.07. The van der Waals surface area contributed by atoms with Gasteiger partial charge in [0.2, 0.25) is 0 Å². The van der Waals surface area contributed by atoms with Gasteiger partial charge in [0, 0.05) is 0 Å². The third-order valence-corrected chi connectivity index (χ3v) is 3.69. The van der Waals surface area contributed by atoms with Crippen molar-refractivity contribution in [1.29, 1.82) is 0 Å². The fourth-order valence-electron chi connectivity index (χ4n) is 2.12. The standard InChI is InChI=1S/C18H17ClO3/c1-3-12-4-6-13(7-5-12)10-15(18(20)21)14-8-9-17(22-2)16(19)11-14/h4-11H,3H2,1-2H3,(H,20,21)/b15-10-. The van der Waals surface area contributed by atoms with Crippen LogP contribution in [0.4, 0.5) is 0 Å². The van der Waals surface area contributed by atoms with E-state index in [1.54, 1.807) is 24.3 Å². The quantitative estimate of drug-likeness (QED) is 0.651. The SMILES string of the molecule is CCc1ccc(/C=C(\C(=O)O)c2ccc(OC)c(Cl)c2)cc1. The van der Waals surface area contributed by atoms with Gasteiger partial charge in [0.1, 0.15) is 5.75 Å². The number of hydrogen-bond donors (Lipinski definition) is 1. The van der Waals surface area contributed by atoms with Crippen LogP contribution in [-0.4, -0.2) is 18.2 Å². The van der Waals surface area contributed by atoms with E-state index in [1.165, 1.54) is 12.7 Å². The molecule has 0 aliphatic rings. The van der Waals surface area contributed by atoms with Gasteiger partial charge in [-0.1, -0.05) is 48.9 Å². The van der Waals surface area contributed by atoms with Crippen molar-refractivity contribution >= 4 is 29.2 Å². The highest BCUT2D eigenvalue weighted by atomic mass is 35.5. The van der Waals surface area contributed by atoms with Gasteiger partial charge in [-0.05, 0) is 41.3 Å². The molecule has 1 N–H and O–H groups in total. The number of carbonyl (C=O) groups is 1. The Kier molecular flexibility index (Phi) is 5.23. The minimum Gasteiger partial charge on any atom is -0.495 e. The van der Waals surface area contributed by atoms with Crippen molar-refractivity contribution in [1.82, 2.24) is 0 Å². The molecule has 0 fully saturated rings. The molecule has 0 amide bonds. The van der Waals surface area contributed by atoms with E-state index in [-0.39, 0.29) is 5.57 Å². The molecule has 2 aromatic rings. The molecule has 2 aromatic carbocycles. The molecule has 0 aliphatic carbocycles. The van der Waals surface area contributed by atoms with Crippen molar-refractivity contribution in [3.63, 3.8) is 0 Å². The summed E-state index contributed by atoms with van der Waals surface area (Å²) in [5.74, 6) is -0.483. The number of carboxylic acids is 1. The molecule has 0 bridgehead atoms. The van der Waals surface area contributed by atoms with Gasteiger partial charge < -0.3 is 9.84 Å². The van der Waals surface area contributed by atoms with Gasteiger partial charge in [-0.3, -0.25) is 0 Å². The molecule has 0 heterocycles. The number of aliphatic carboxylic acids is 1. The van der Waals surface area contributed by atoms with E-state index in [2.05, 4.69) is 6.92 Å². The van der Waals surface area contributed by atoms with Crippen LogP contribution >= 0.6 is 11.6 Å². The second-order valence-corrected chi connectivity index (χ2v) is 5.21. The normalized spacial score (nSPS) is 11.3. The highest BCUT2D eigenvalue weighted by molar-refractivity contribution is 6.32. The highest BCUT2D eigenvalue weighted by Gasteiger charge is 2.12. The predicted molar refractivity (Wildman–Crippen MR) is 89.3 cm³/mol. The van der Waals surface area contributed by atoms with Crippen molar-refractivity contribution in [3.05, 3.63) is 64.2 Å². The first-order chi connectivity index (χ1) is 10.5. The third kappa shape index (κ3) is 3.68. The molecule has 0 atom stereocenters. The molecule has 0 aromatic heterocycles. The smallest absolute Gasteiger partial charge is 0.336 e. The molecule has 0 aliphatic heterocycles. The minimum absolute atomic E-state index is 0.189. The molecule has 0 spiro atoms. The van der Waals surface area contributed by atoms with Crippen molar-refractivity contribution < 1.29 is 14.6 Å². The first-order valence-corrected chi connectivity index (χ1v) is 7.30. The van der Waals surface area contributed by atoms with Gasteiger partial charge in [0.15, 0.2) is 0 Å². The summed E-state index contributed by atoms with van der Waals surface area (Å²) in [5, 5.41) is 9.85. The van der Waals surface area contributed by atoms with Gasteiger partial charge in [-0.15, -0.1) is 0 Å². The van der Waals surface area contributed by atoms with Crippen LogP contribution in [0.3, 0.4) is 0 Å². The van der Waals surface area contributed by atoms with E-state index in [0.29, 0.717) is 16.3 Å². The zero-order valence-electron chi connectivity index (χ0n) is 12.5. The van der Waals surface area contributed by atoms with Crippen LogP contribution in [-0.2, 0) is 11.2 Å². The molecule has 114 valence electrons. The minimum atomic E-state index is -0.999.